The maximum Gasteiger partial charge on any atom is 0.216 e. The van der Waals surface area contributed by atoms with E-state index in [-0.39, 0.29) is 5.91 Å². The van der Waals surface area contributed by atoms with Crippen molar-refractivity contribution < 1.29 is 4.79 Å². The summed E-state index contributed by atoms with van der Waals surface area (Å²) in [6.07, 6.45) is 2.36. The van der Waals surface area contributed by atoms with Crippen LogP contribution in [0.5, 0.6) is 0 Å². The van der Waals surface area contributed by atoms with Gasteiger partial charge in [-0.3, -0.25) is 4.79 Å². The Morgan fingerprint density at radius 3 is 2.33 bits per heavy atom. The van der Waals surface area contributed by atoms with Gasteiger partial charge in [0.05, 0.1) is 0 Å². The number of nitrogens with one attached hydrogen (secondary N) is 1. The van der Waals surface area contributed by atoms with Crippen molar-refractivity contribution in [1.82, 2.24) is 5.32 Å². The highest BCUT2D eigenvalue weighted by Gasteiger charge is 2.08. The lowest BCUT2D eigenvalue weighted by Crippen LogP contribution is -2.27. The summed E-state index contributed by atoms with van der Waals surface area (Å²) in [7, 11) is 0. The minimum atomic E-state index is 0.0807. The zero-order valence-electron chi connectivity index (χ0n) is 8.68. The van der Waals surface area contributed by atoms with Crippen LogP contribution in [0.4, 0.5) is 0 Å². The van der Waals surface area contributed by atoms with Crippen molar-refractivity contribution in [2.24, 2.45) is 11.8 Å². The van der Waals surface area contributed by atoms with Crippen LogP contribution in [0, 0.1) is 11.8 Å². The van der Waals surface area contributed by atoms with E-state index in [1.54, 1.807) is 6.92 Å². The zero-order chi connectivity index (χ0) is 9.56. The fourth-order valence-corrected chi connectivity index (χ4v) is 1.35. The van der Waals surface area contributed by atoms with Gasteiger partial charge < -0.3 is 5.32 Å². The summed E-state index contributed by atoms with van der Waals surface area (Å²) in [4.78, 5) is 10.6. The Morgan fingerprint density at radius 1 is 1.42 bits per heavy atom. The van der Waals surface area contributed by atoms with Crippen LogP contribution < -0.4 is 5.32 Å². The summed E-state index contributed by atoms with van der Waals surface area (Å²) in [5, 5.41) is 2.86. The molecule has 0 spiro atoms. The average Bonchev–Trinajstić information content (AvgIpc) is 1.97. The molecule has 0 aromatic heterocycles. The van der Waals surface area contributed by atoms with Gasteiger partial charge in [-0.25, -0.2) is 0 Å². The van der Waals surface area contributed by atoms with Gasteiger partial charge in [-0.1, -0.05) is 27.2 Å². The predicted octanol–water partition coefficient (Wildman–Crippen LogP) is 2.19. The molecular weight excluding hydrogens is 150 g/mol. The van der Waals surface area contributed by atoms with Gasteiger partial charge in [0.15, 0.2) is 0 Å². The molecule has 72 valence electrons. The van der Waals surface area contributed by atoms with E-state index in [0.717, 1.165) is 18.9 Å². The summed E-state index contributed by atoms with van der Waals surface area (Å²) in [5.74, 6) is 1.45. The lowest BCUT2D eigenvalue weighted by molar-refractivity contribution is -0.119. The normalized spacial score (nSPS) is 13.1. The molecule has 2 nitrogen and oxygen atoms in total. The molecule has 0 fully saturated rings. The monoisotopic (exact) mass is 171 g/mol. The molecule has 12 heavy (non-hydrogen) atoms. The van der Waals surface area contributed by atoms with Crippen molar-refractivity contribution in [2.45, 2.75) is 40.5 Å². The van der Waals surface area contributed by atoms with Gasteiger partial charge in [-0.15, -0.1) is 0 Å². The molecule has 0 heterocycles. The zero-order valence-corrected chi connectivity index (χ0v) is 8.68. The topological polar surface area (TPSA) is 29.1 Å². The Bertz CT molecular complexity index is 132. The van der Waals surface area contributed by atoms with Crippen LogP contribution in [0.15, 0.2) is 0 Å². The smallest absolute Gasteiger partial charge is 0.216 e. The molecule has 0 aliphatic rings. The van der Waals surface area contributed by atoms with Crippen molar-refractivity contribution in [1.29, 1.82) is 0 Å². The van der Waals surface area contributed by atoms with Crippen LogP contribution >= 0.6 is 0 Å². The molecule has 0 aliphatic heterocycles. The molecule has 0 saturated carbocycles. The van der Waals surface area contributed by atoms with E-state index in [2.05, 4.69) is 26.1 Å². The molecule has 2 heteroatoms. The molecule has 0 aromatic carbocycles. The Morgan fingerprint density at radius 2 is 2.00 bits per heavy atom. The number of hydrogen-bond acceptors (Lipinski definition) is 1. The van der Waals surface area contributed by atoms with E-state index >= 15 is 0 Å². The van der Waals surface area contributed by atoms with Crippen LogP contribution in [0.1, 0.15) is 40.5 Å². The van der Waals surface area contributed by atoms with Gasteiger partial charge in [0.25, 0.3) is 0 Å². The highest BCUT2D eigenvalue weighted by Crippen LogP contribution is 2.13. The molecule has 1 amide bonds. The molecule has 0 bridgehead atoms. The second-order valence-corrected chi connectivity index (χ2v) is 3.84. The third kappa shape index (κ3) is 6.20. The molecule has 0 unspecified atom stereocenters. The minimum Gasteiger partial charge on any atom is -0.356 e. The van der Waals surface area contributed by atoms with E-state index in [9.17, 15) is 4.79 Å². The standard InChI is InChI=1S/C10H21NO/c1-5-10(6-8(2)3)7-11-9(4)12/h8,10H,5-7H2,1-4H3,(H,11,12)/t10-/m1/s1. The largest absolute Gasteiger partial charge is 0.356 e. The number of carbonyl (C=O) groups is 1. The first-order valence-corrected chi connectivity index (χ1v) is 4.80. The first kappa shape index (κ1) is 11.5. The van der Waals surface area contributed by atoms with E-state index in [1.807, 2.05) is 0 Å². The average molecular weight is 171 g/mol. The molecular formula is C10H21NO. The maximum atomic E-state index is 10.6. The van der Waals surface area contributed by atoms with E-state index in [4.69, 9.17) is 0 Å². The summed E-state index contributed by atoms with van der Waals surface area (Å²) in [6, 6.07) is 0. The first-order chi connectivity index (χ1) is 5.56. The molecule has 0 rings (SSSR count). The van der Waals surface area contributed by atoms with Crippen molar-refractivity contribution in [2.75, 3.05) is 6.54 Å². The Hall–Kier alpha value is -0.530. The number of carbonyl (C=O) groups excluding carboxylic acids is 1. The van der Waals surface area contributed by atoms with Crippen LogP contribution in [0.3, 0.4) is 0 Å². The van der Waals surface area contributed by atoms with Crippen LogP contribution in [0.25, 0.3) is 0 Å². The lowest BCUT2D eigenvalue weighted by atomic mass is 9.95. The summed E-state index contributed by atoms with van der Waals surface area (Å²) in [5.41, 5.74) is 0. The number of rotatable bonds is 5. The van der Waals surface area contributed by atoms with Gasteiger partial charge in [0.2, 0.25) is 5.91 Å². The van der Waals surface area contributed by atoms with Gasteiger partial charge >= 0.3 is 0 Å². The fraction of sp³-hybridized carbons (Fsp3) is 0.900. The van der Waals surface area contributed by atoms with E-state index < -0.39 is 0 Å². The van der Waals surface area contributed by atoms with Crippen LogP contribution in [-0.2, 0) is 4.79 Å². The van der Waals surface area contributed by atoms with E-state index in [1.165, 1.54) is 6.42 Å². The fourth-order valence-electron chi connectivity index (χ4n) is 1.35. The number of amides is 1. The second-order valence-electron chi connectivity index (χ2n) is 3.84. The molecule has 1 atom stereocenters. The predicted molar refractivity (Wildman–Crippen MR) is 51.9 cm³/mol. The molecule has 1 N–H and O–H groups in total. The summed E-state index contributed by atoms with van der Waals surface area (Å²) < 4.78 is 0. The highest BCUT2D eigenvalue weighted by molar-refractivity contribution is 5.72. The van der Waals surface area contributed by atoms with Gasteiger partial charge in [-0.05, 0) is 18.3 Å². The third-order valence-electron chi connectivity index (χ3n) is 2.02. The van der Waals surface area contributed by atoms with Crippen LogP contribution in [0.2, 0.25) is 0 Å². The highest BCUT2D eigenvalue weighted by atomic mass is 16.1. The maximum absolute atomic E-state index is 10.6. The summed E-state index contributed by atoms with van der Waals surface area (Å²) in [6.45, 7) is 9.02. The van der Waals surface area contributed by atoms with Gasteiger partial charge in [0.1, 0.15) is 0 Å². The Labute approximate surface area is 75.7 Å². The van der Waals surface area contributed by atoms with Gasteiger partial charge in [-0.2, -0.15) is 0 Å². The molecule has 0 saturated heterocycles. The molecule has 0 aromatic rings. The SMILES string of the molecule is CC[C@@H](CNC(C)=O)CC(C)C. The van der Waals surface area contributed by atoms with E-state index in [0.29, 0.717) is 5.92 Å². The first-order valence-electron chi connectivity index (χ1n) is 4.80. The Balaban J connectivity index is 3.60. The van der Waals surface area contributed by atoms with Crippen molar-refractivity contribution >= 4 is 5.91 Å². The molecule has 0 radical (unpaired) electrons. The minimum absolute atomic E-state index is 0.0807. The Kier molecular flexibility index (Phi) is 5.77. The third-order valence-corrected chi connectivity index (χ3v) is 2.02. The quantitative estimate of drug-likeness (QED) is 0.675. The second kappa shape index (κ2) is 6.04. The molecule has 0 aliphatic carbocycles. The van der Waals surface area contributed by atoms with Crippen LogP contribution in [-0.4, -0.2) is 12.5 Å². The lowest BCUT2D eigenvalue weighted by Gasteiger charge is -2.16. The summed E-state index contributed by atoms with van der Waals surface area (Å²) >= 11 is 0. The number of hydrogen-bond donors (Lipinski definition) is 1. The van der Waals surface area contributed by atoms with Crippen molar-refractivity contribution in [3.05, 3.63) is 0 Å². The van der Waals surface area contributed by atoms with Gasteiger partial charge in [0, 0.05) is 13.5 Å². The van der Waals surface area contributed by atoms with Crippen molar-refractivity contribution in [3.63, 3.8) is 0 Å². The van der Waals surface area contributed by atoms with Crippen molar-refractivity contribution in [3.8, 4) is 0 Å².